The fourth-order valence-electron chi connectivity index (χ4n) is 2.15. The first-order chi connectivity index (χ1) is 11.0. The zero-order valence-corrected chi connectivity index (χ0v) is 14.7. The molecule has 5 nitrogen and oxygen atoms in total. The van der Waals surface area contributed by atoms with E-state index in [1.807, 2.05) is 6.07 Å². The molecule has 7 heteroatoms. The largest absolute Gasteiger partial charge is 0.385 e. The summed E-state index contributed by atoms with van der Waals surface area (Å²) in [7, 11) is 3.34. The fraction of sp³-hybridized carbons (Fsp3) is 0.375. The van der Waals surface area contributed by atoms with Gasteiger partial charge in [-0.25, -0.2) is 0 Å². The van der Waals surface area contributed by atoms with Crippen molar-refractivity contribution in [2.24, 2.45) is 7.05 Å². The minimum Gasteiger partial charge on any atom is -0.385 e. The summed E-state index contributed by atoms with van der Waals surface area (Å²) in [6.45, 7) is 1.20. The lowest BCUT2D eigenvalue weighted by Crippen LogP contribution is -2.27. The molecule has 2 aromatic rings. The summed E-state index contributed by atoms with van der Waals surface area (Å²) in [4.78, 5) is 24.7. The Balaban J connectivity index is 2.10. The van der Waals surface area contributed by atoms with Crippen molar-refractivity contribution in [2.45, 2.75) is 11.3 Å². The highest BCUT2D eigenvalue weighted by molar-refractivity contribution is 8.00. The number of nitrogens with zero attached hydrogens (tertiary/aromatic N) is 1. The number of hydrogen-bond donors (Lipinski definition) is 1. The molecule has 0 unspecified atom stereocenters. The van der Waals surface area contributed by atoms with Crippen LogP contribution in [0.15, 0.2) is 34.0 Å². The van der Waals surface area contributed by atoms with E-state index in [0.29, 0.717) is 18.2 Å². The molecular formula is C16H19ClN2O3S. The van der Waals surface area contributed by atoms with Gasteiger partial charge in [0.15, 0.2) is 0 Å². The zero-order valence-electron chi connectivity index (χ0n) is 13.1. The van der Waals surface area contributed by atoms with Crippen LogP contribution in [0.3, 0.4) is 0 Å². The molecule has 0 spiro atoms. The fourth-order valence-corrected chi connectivity index (χ4v) is 3.22. The second kappa shape index (κ2) is 8.38. The molecule has 0 bridgehead atoms. The number of halogens is 1. The van der Waals surface area contributed by atoms with Gasteiger partial charge in [-0.05, 0) is 18.6 Å². The molecule has 1 aromatic heterocycles. The third kappa shape index (κ3) is 4.73. The summed E-state index contributed by atoms with van der Waals surface area (Å²) in [5.74, 6) is 0.201. The molecule has 1 aromatic carbocycles. The first-order valence-electron chi connectivity index (χ1n) is 7.20. The predicted octanol–water partition coefficient (Wildman–Crippen LogP) is 2.44. The third-order valence-corrected chi connectivity index (χ3v) is 4.67. The van der Waals surface area contributed by atoms with Crippen molar-refractivity contribution in [1.29, 1.82) is 0 Å². The maximum absolute atomic E-state index is 12.0. The van der Waals surface area contributed by atoms with E-state index in [2.05, 4.69) is 5.32 Å². The zero-order chi connectivity index (χ0) is 16.8. The quantitative estimate of drug-likeness (QED) is 0.613. The Bertz CT molecular complexity index is 761. The summed E-state index contributed by atoms with van der Waals surface area (Å²) >= 11 is 7.36. The lowest BCUT2D eigenvalue weighted by atomic mass is 10.2. The van der Waals surface area contributed by atoms with Crippen LogP contribution >= 0.6 is 23.4 Å². The van der Waals surface area contributed by atoms with Gasteiger partial charge in [0, 0.05) is 48.7 Å². The number of pyridine rings is 1. The van der Waals surface area contributed by atoms with Gasteiger partial charge in [-0.15, -0.1) is 11.8 Å². The molecule has 0 aliphatic rings. The first kappa shape index (κ1) is 17.8. The van der Waals surface area contributed by atoms with Crippen LogP contribution in [-0.2, 0) is 16.6 Å². The Morgan fingerprint density at radius 3 is 2.91 bits per heavy atom. The van der Waals surface area contributed by atoms with Gasteiger partial charge in [0.05, 0.1) is 11.3 Å². The number of aromatic nitrogens is 1. The lowest BCUT2D eigenvalue weighted by Gasteiger charge is -2.10. The van der Waals surface area contributed by atoms with Gasteiger partial charge in [-0.3, -0.25) is 9.59 Å². The van der Waals surface area contributed by atoms with Gasteiger partial charge in [0.25, 0.3) is 5.56 Å². The molecule has 1 amide bonds. The van der Waals surface area contributed by atoms with Crippen molar-refractivity contribution in [2.75, 3.05) is 26.0 Å². The minimum atomic E-state index is -0.122. The van der Waals surface area contributed by atoms with E-state index in [9.17, 15) is 9.59 Å². The van der Waals surface area contributed by atoms with Crippen LogP contribution in [-0.4, -0.2) is 36.5 Å². The minimum absolute atomic E-state index is 0.0612. The normalized spacial score (nSPS) is 10.9. The summed E-state index contributed by atoms with van der Waals surface area (Å²) < 4.78 is 6.48. The number of fused-ring (bicyclic) bond motifs is 1. The van der Waals surface area contributed by atoms with Gasteiger partial charge in [0.1, 0.15) is 0 Å². The molecule has 0 atom stereocenters. The van der Waals surface area contributed by atoms with Crippen LogP contribution in [0.25, 0.3) is 10.9 Å². The van der Waals surface area contributed by atoms with Crippen molar-refractivity contribution in [3.8, 4) is 0 Å². The number of amides is 1. The summed E-state index contributed by atoms with van der Waals surface area (Å²) in [5.41, 5.74) is 0.635. The van der Waals surface area contributed by atoms with Crippen LogP contribution in [0.4, 0.5) is 0 Å². The third-order valence-electron chi connectivity index (χ3n) is 3.38. The molecule has 0 radical (unpaired) electrons. The van der Waals surface area contributed by atoms with Crippen LogP contribution in [0, 0.1) is 0 Å². The van der Waals surface area contributed by atoms with Crippen molar-refractivity contribution < 1.29 is 9.53 Å². The van der Waals surface area contributed by atoms with Crippen molar-refractivity contribution in [1.82, 2.24) is 9.88 Å². The number of carbonyl (C=O) groups is 1. The Morgan fingerprint density at radius 2 is 2.17 bits per heavy atom. The summed E-state index contributed by atoms with van der Waals surface area (Å²) in [6.07, 6.45) is 0.778. The second-order valence-electron chi connectivity index (χ2n) is 5.05. The Kier molecular flexibility index (Phi) is 6.50. The summed E-state index contributed by atoms with van der Waals surface area (Å²) in [5, 5.41) is 4.31. The van der Waals surface area contributed by atoms with Crippen LogP contribution in [0.2, 0.25) is 5.02 Å². The molecule has 0 saturated heterocycles. The Hall–Kier alpha value is -1.50. The van der Waals surface area contributed by atoms with Gasteiger partial charge in [0.2, 0.25) is 5.91 Å². The monoisotopic (exact) mass is 354 g/mol. The number of benzene rings is 1. The maximum atomic E-state index is 12.0. The molecule has 124 valence electrons. The molecule has 1 N–H and O–H groups in total. The van der Waals surface area contributed by atoms with Gasteiger partial charge < -0.3 is 14.6 Å². The molecular weight excluding hydrogens is 336 g/mol. The SMILES string of the molecule is COCCCNC(=O)CSc1cc(=O)n(C)c2cc(Cl)ccc12. The number of rotatable bonds is 7. The second-order valence-corrected chi connectivity index (χ2v) is 6.51. The van der Waals surface area contributed by atoms with E-state index in [1.54, 1.807) is 36.9 Å². The van der Waals surface area contributed by atoms with Crippen LogP contribution < -0.4 is 10.9 Å². The van der Waals surface area contributed by atoms with E-state index < -0.39 is 0 Å². The highest BCUT2D eigenvalue weighted by atomic mass is 35.5. The van der Waals surface area contributed by atoms with Crippen LogP contribution in [0.1, 0.15) is 6.42 Å². The molecule has 0 aliphatic carbocycles. The number of carbonyl (C=O) groups excluding carboxylic acids is 1. The highest BCUT2D eigenvalue weighted by Crippen LogP contribution is 2.27. The first-order valence-corrected chi connectivity index (χ1v) is 8.57. The molecule has 23 heavy (non-hydrogen) atoms. The van der Waals surface area contributed by atoms with E-state index in [0.717, 1.165) is 22.2 Å². The molecule has 2 rings (SSSR count). The van der Waals surface area contributed by atoms with Crippen molar-refractivity contribution >= 4 is 40.2 Å². The molecule has 0 aliphatic heterocycles. The number of aryl methyl sites for hydroxylation is 1. The average Bonchev–Trinajstić information content (AvgIpc) is 2.53. The van der Waals surface area contributed by atoms with Gasteiger partial charge in [-0.1, -0.05) is 17.7 Å². The standard InChI is InChI=1S/C16H19ClN2O3S/c1-19-13-8-11(17)4-5-12(13)14(9-16(19)21)23-10-15(20)18-6-3-7-22-2/h4-5,8-9H,3,6-7,10H2,1-2H3,(H,18,20). The van der Waals surface area contributed by atoms with Gasteiger partial charge >= 0.3 is 0 Å². The van der Waals surface area contributed by atoms with E-state index in [-0.39, 0.29) is 17.2 Å². The number of nitrogens with one attached hydrogen (secondary N) is 1. The van der Waals surface area contributed by atoms with Crippen LogP contribution in [0.5, 0.6) is 0 Å². The van der Waals surface area contributed by atoms with E-state index in [4.69, 9.17) is 16.3 Å². The van der Waals surface area contributed by atoms with Crippen molar-refractivity contribution in [3.63, 3.8) is 0 Å². The Morgan fingerprint density at radius 1 is 1.39 bits per heavy atom. The number of methoxy groups -OCH3 is 1. The smallest absolute Gasteiger partial charge is 0.251 e. The number of ether oxygens (including phenoxy) is 1. The molecule has 0 saturated carbocycles. The lowest BCUT2D eigenvalue weighted by molar-refractivity contribution is -0.118. The highest BCUT2D eigenvalue weighted by Gasteiger charge is 2.10. The average molecular weight is 355 g/mol. The predicted molar refractivity (Wildman–Crippen MR) is 94.4 cm³/mol. The van der Waals surface area contributed by atoms with E-state index >= 15 is 0 Å². The van der Waals surface area contributed by atoms with Crippen molar-refractivity contribution in [3.05, 3.63) is 39.6 Å². The van der Waals surface area contributed by atoms with E-state index in [1.165, 1.54) is 11.8 Å². The molecule has 0 fully saturated rings. The Labute approximate surface area is 144 Å². The topological polar surface area (TPSA) is 60.3 Å². The number of thioether (sulfide) groups is 1. The number of hydrogen-bond acceptors (Lipinski definition) is 4. The van der Waals surface area contributed by atoms with Gasteiger partial charge in [-0.2, -0.15) is 0 Å². The molecule has 1 heterocycles. The summed E-state index contributed by atoms with van der Waals surface area (Å²) in [6, 6.07) is 6.96. The maximum Gasteiger partial charge on any atom is 0.251 e.